The third-order valence-corrected chi connectivity index (χ3v) is 6.38. The van der Waals surface area contributed by atoms with Crippen molar-refractivity contribution in [3.8, 4) is 0 Å². The van der Waals surface area contributed by atoms with E-state index in [1.165, 1.54) is 4.31 Å². The largest absolute Gasteiger partial charge is 0.424 e. The molecule has 9 nitrogen and oxygen atoms in total. The summed E-state index contributed by atoms with van der Waals surface area (Å²) in [6.45, 7) is 9.77. The van der Waals surface area contributed by atoms with E-state index in [-0.39, 0.29) is 10.8 Å². The average molecular weight is 369 g/mol. The number of nitrogens with zero attached hydrogens (tertiary/aromatic N) is 5. The Labute approximate surface area is 147 Å². The molecule has 1 aliphatic heterocycles. The highest BCUT2D eigenvalue weighted by Gasteiger charge is 2.33. The number of aromatic nitrogens is 3. The highest BCUT2D eigenvalue weighted by Crippen LogP contribution is 2.24. The molecule has 0 aromatic carbocycles. The highest BCUT2D eigenvalue weighted by atomic mass is 32.2. The first-order valence-electron chi connectivity index (χ1n) is 8.26. The van der Waals surface area contributed by atoms with Crippen LogP contribution >= 0.6 is 0 Å². The van der Waals surface area contributed by atoms with E-state index in [0.29, 0.717) is 56.0 Å². The van der Waals surface area contributed by atoms with Gasteiger partial charge in [-0.3, -0.25) is 4.90 Å². The second kappa shape index (κ2) is 6.85. The molecule has 0 unspecified atom stereocenters. The molecule has 0 saturated carbocycles. The molecule has 25 heavy (non-hydrogen) atoms. The Kier molecular flexibility index (Phi) is 4.94. The number of hydrogen-bond donors (Lipinski definition) is 0. The standard InChI is InChI=1S/C15H23N5O4S/c1-10(2)15-17-16-13(23-15)9-19-5-7-20(8-6-19)25(21,22)14-11(3)18-24-12(14)4/h10H,5-9H2,1-4H3. The summed E-state index contributed by atoms with van der Waals surface area (Å²) >= 11 is 0. The summed E-state index contributed by atoms with van der Waals surface area (Å²) in [5, 5.41) is 11.8. The van der Waals surface area contributed by atoms with Crippen LogP contribution < -0.4 is 0 Å². The molecule has 1 fully saturated rings. The van der Waals surface area contributed by atoms with Gasteiger partial charge < -0.3 is 8.94 Å². The van der Waals surface area contributed by atoms with E-state index in [0.717, 1.165) is 0 Å². The van der Waals surface area contributed by atoms with E-state index < -0.39 is 10.0 Å². The molecule has 3 rings (SSSR count). The lowest BCUT2D eigenvalue weighted by Crippen LogP contribution is -2.48. The van der Waals surface area contributed by atoms with Gasteiger partial charge in [0.05, 0.1) is 6.54 Å². The summed E-state index contributed by atoms with van der Waals surface area (Å²) in [5.41, 5.74) is 0.395. The summed E-state index contributed by atoms with van der Waals surface area (Å²) in [7, 11) is -3.58. The van der Waals surface area contributed by atoms with Crippen LogP contribution in [0.25, 0.3) is 0 Å². The van der Waals surface area contributed by atoms with Crippen molar-refractivity contribution >= 4 is 10.0 Å². The van der Waals surface area contributed by atoms with Crippen LogP contribution in [0.3, 0.4) is 0 Å². The van der Waals surface area contributed by atoms with Gasteiger partial charge in [0.1, 0.15) is 10.6 Å². The molecule has 2 aromatic heterocycles. The van der Waals surface area contributed by atoms with Crippen LogP contribution in [0.5, 0.6) is 0 Å². The predicted molar refractivity (Wildman–Crippen MR) is 88.4 cm³/mol. The van der Waals surface area contributed by atoms with Gasteiger partial charge in [-0.2, -0.15) is 4.31 Å². The van der Waals surface area contributed by atoms with Crippen molar-refractivity contribution < 1.29 is 17.4 Å². The lowest BCUT2D eigenvalue weighted by molar-refractivity contribution is 0.167. The van der Waals surface area contributed by atoms with E-state index in [1.54, 1.807) is 13.8 Å². The summed E-state index contributed by atoms with van der Waals surface area (Å²) in [4.78, 5) is 2.29. The topological polar surface area (TPSA) is 106 Å². The second-order valence-electron chi connectivity index (χ2n) is 6.52. The van der Waals surface area contributed by atoms with Crippen molar-refractivity contribution in [1.82, 2.24) is 24.6 Å². The normalized spacial score (nSPS) is 17.5. The molecule has 1 saturated heterocycles. The Morgan fingerprint density at radius 1 is 1.12 bits per heavy atom. The van der Waals surface area contributed by atoms with Crippen molar-refractivity contribution in [2.45, 2.75) is 45.1 Å². The molecule has 138 valence electrons. The van der Waals surface area contributed by atoms with Crippen LogP contribution in [0.2, 0.25) is 0 Å². The molecule has 2 aromatic rings. The van der Waals surface area contributed by atoms with Crippen LogP contribution in [0.15, 0.2) is 13.8 Å². The SMILES string of the molecule is Cc1noc(C)c1S(=O)(=O)N1CCN(Cc2nnc(C(C)C)o2)CC1. The Morgan fingerprint density at radius 3 is 2.32 bits per heavy atom. The fraction of sp³-hybridized carbons (Fsp3) is 0.667. The van der Waals surface area contributed by atoms with Crippen molar-refractivity contribution in [2.24, 2.45) is 0 Å². The summed E-state index contributed by atoms with van der Waals surface area (Å²) in [5.74, 6) is 1.70. The van der Waals surface area contributed by atoms with Gasteiger partial charge >= 0.3 is 0 Å². The van der Waals surface area contributed by atoms with Gasteiger partial charge in [-0.05, 0) is 13.8 Å². The number of sulfonamides is 1. The molecule has 0 atom stereocenters. The predicted octanol–water partition coefficient (Wildman–Crippen LogP) is 1.30. The Morgan fingerprint density at radius 2 is 1.80 bits per heavy atom. The smallest absolute Gasteiger partial charge is 0.248 e. The van der Waals surface area contributed by atoms with Gasteiger partial charge in [-0.25, -0.2) is 8.42 Å². The first kappa shape index (κ1) is 18.0. The molecule has 0 aliphatic carbocycles. The number of rotatable bonds is 5. The van der Waals surface area contributed by atoms with Crippen LogP contribution in [-0.4, -0.2) is 59.2 Å². The molecule has 0 spiro atoms. The van der Waals surface area contributed by atoms with Crippen molar-refractivity contribution in [1.29, 1.82) is 0 Å². The lowest BCUT2D eigenvalue weighted by Gasteiger charge is -2.33. The maximum absolute atomic E-state index is 12.8. The lowest BCUT2D eigenvalue weighted by atomic mass is 10.2. The molecule has 3 heterocycles. The monoisotopic (exact) mass is 369 g/mol. The summed E-state index contributed by atoms with van der Waals surface area (Å²) < 4.78 is 37.7. The Bertz CT molecular complexity index is 814. The zero-order chi connectivity index (χ0) is 18.2. The minimum absolute atomic E-state index is 0.180. The van der Waals surface area contributed by atoms with E-state index in [2.05, 4.69) is 20.3 Å². The van der Waals surface area contributed by atoms with Crippen LogP contribution in [0.4, 0.5) is 0 Å². The van der Waals surface area contributed by atoms with Crippen molar-refractivity contribution in [3.63, 3.8) is 0 Å². The number of piperazine rings is 1. The minimum Gasteiger partial charge on any atom is -0.424 e. The zero-order valence-corrected chi connectivity index (χ0v) is 15.7. The van der Waals surface area contributed by atoms with E-state index in [1.807, 2.05) is 13.8 Å². The molecule has 0 radical (unpaired) electrons. The minimum atomic E-state index is -3.58. The fourth-order valence-electron chi connectivity index (χ4n) is 2.86. The van der Waals surface area contributed by atoms with E-state index in [9.17, 15) is 8.42 Å². The molecule has 0 N–H and O–H groups in total. The number of aryl methyl sites for hydroxylation is 2. The van der Waals surface area contributed by atoms with Gasteiger partial charge in [0, 0.05) is 32.1 Å². The maximum Gasteiger partial charge on any atom is 0.248 e. The molecular weight excluding hydrogens is 346 g/mol. The molecular formula is C15H23N5O4S. The first-order chi connectivity index (χ1) is 11.8. The first-order valence-corrected chi connectivity index (χ1v) is 9.70. The van der Waals surface area contributed by atoms with Gasteiger partial charge in [0.25, 0.3) is 0 Å². The zero-order valence-electron chi connectivity index (χ0n) is 14.9. The number of hydrogen-bond acceptors (Lipinski definition) is 8. The fourth-order valence-corrected chi connectivity index (χ4v) is 4.57. The second-order valence-corrected chi connectivity index (χ2v) is 8.40. The molecule has 1 aliphatic rings. The van der Waals surface area contributed by atoms with Crippen LogP contribution in [0, 0.1) is 13.8 Å². The Balaban J connectivity index is 1.63. The summed E-state index contributed by atoms with van der Waals surface area (Å²) in [6, 6.07) is 0. The van der Waals surface area contributed by atoms with Gasteiger partial charge in [-0.15, -0.1) is 10.2 Å². The van der Waals surface area contributed by atoms with Gasteiger partial charge in [0.15, 0.2) is 5.76 Å². The van der Waals surface area contributed by atoms with E-state index in [4.69, 9.17) is 8.94 Å². The van der Waals surface area contributed by atoms with Gasteiger partial charge in [0.2, 0.25) is 21.8 Å². The average Bonchev–Trinajstić information content (AvgIpc) is 3.15. The quantitative estimate of drug-likeness (QED) is 0.776. The molecule has 0 bridgehead atoms. The van der Waals surface area contributed by atoms with Gasteiger partial charge in [-0.1, -0.05) is 19.0 Å². The highest BCUT2D eigenvalue weighted by molar-refractivity contribution is 7.89. The molecule has 0 amide bonds. The summed E-state index contributed by atoms with van der Waals surface area (Å²) in [6.07, 6.45) is 0. The van der Waals surface area contributed by atoms with E-state index >= 15 is 0 Å². The Hall–Kier alpha value is -1.78. The third-order valence-electron chi connectivity index (χ3n) is 4.23. The van der Waals surface area contributed by atoms with Crippen LogP contribution in [-0.2, 0) is 16.6 Å². The van der Waals surface area contributed by atoms with Crippen molar-refractivity contribution in [3.05, 3.63) is 23.2 Å². The van der Waals surface area contributed by atoms with Crippen LogP contribution in [0.1, 0.15) is 43.0 Å². The maximum atomic E-state index is 12.8. The molecule has 10 heteroatoms. The van der Waals surface area contributed by atoms with Crippen molar-refractivity contribution in [2.75, 3.05) is 26.2 Å². The third kappa shape index (κ3) is 3.60.